The summed E-state index contributed by atoms with van der Waals surface area (Å²) in [6.07, 6.45) is 1.02. The summed E-state index contributed by atoms with van der Waals surface area (Å²) in [5.41, 5.74) is 1.99. The van der Waals surface area contributed by atoms with Gasteiger partial charge in [0.05, 0.1) is 6.04 Å². The van der Waals surface area contributed by atoms with E-state index in [4.69, 9.17) is 4.42 Å². The fourth-order valence-corrected chi connectivity index (χ4v) is 2.18. The average molecular weight is 261 g/mol. The van der Waals surface area contributed by atoms with E-state index < -0.39 is 0 Å². The largest absolute Gasteiger partial charge is 0.464 e. The van der Waals surface area contributed by atoms with Gasteiger partial charge in [-0.1, -0.05) is 13.0 Å². The van der Waals surface area contributed by atoms with E-state index >= 15 is 0 Å². The molecule has 1 atom stereocenters. The Morgan fingerprint density at radius 1 is 1.21 bits per heavy atom. The number of halogens is 1. The third-order valence-electron chi connectivity index (χ3n) is 3.20. The standard InChI is InChI=1S/C16H20FNO/c1-4-9-18-16(15-8-6-12(3)19-15)14-10-13(17)7-5-11(14)2/h5-8,10,16,18H,4,9H2,1-3H3. The molecule has 1 heterocycles. The molecule has 0 radical (unpaired) electrons. The maximum atomic E-state index is 13.5. The van der Waals surface area contributed by atoms with Gasteiger partial charge in [0.25, 0.3) is 0 Å². The van der Waals surface area contributed by atoms with Crippen molar-refractivity contribution in [1.29, 1.82) is 0 Å². The normalized spacial score (nSPS) is 12.6. The third kappa shape index (κ3) is 3.24. The summed E-state index contributed by atoms with van der Waals surface area (Å²) >= 11 is 0. The summed E-state index contributed by atoms with van der Waals surface area (Å²) < 4.78 is 19.2. The Morgan fingerprint density at radius 2 is 2.00 bits per heavy atom. The predicted molar refractivity (Wildman–Crippen MR) is 74.7 cm³/mol. The van der Waals surface area contributed by atoms with E-state index in [1.54, 1.807) is 12.1 Å². The van der Waals surface area contributed by atoms with Crippen LogP contribution in [0.25, 0.3) is 0 Å². The maximum Gasteiger partial charge on any atom is 0.125 e. The van der Waals surface area contributed by atoms with Gasteiger partial charge in [0, 0.05) is 0 Å². The molecule has 0 aliphatic rings. The van der Waals surface area contributed by atoms with Crippen LogP contribution in [0.5, 0.6) is 0 Å². The molecule has 2 nitrogen and oxygen atoms in total. The van der Waals surface area contributed by atoms with Crippen molar-refractivity contribution in [3.63, 3.8) is 0 Å². The summed E-state index contributed by atoms with van der Waals surface area (Å²) in [5.74, 6) is 1.49. The lowest BCUT2D eigenvalue weighted by atomic mass is 9.99. The van der Waals surface area contributed by atoms with Crippen LogP contribution in [0.4, 0.5) is 4.39 Å². The second-order valence-electron chi connectivity index (χ2n) is 4.84. The Kier molecular flexibility index (Phi) is 4.38. The lowest BCUT2D eigenvalue weighted by molar-refractivity contribution is 0.429. The van der Waals surface area contributed by atoms with Crippen LogP contribution < -0.4 is 5.32 Å². The molecule has 0 spiro atoms. The second-order valence-corrected chi connectivity index (χ2v) is 4.84. The minimum atomic E-state index is -0.216. The molecule has 1 unspecified atom stereocenters. The molecule has 0 saturated heterocycles. The van der Waals surface area contributed by atoms with Crippen LogP contribution in [-0.2, 0) is 0 Å². The highest BCUT2D eigenvalue weighted by molar-refractivity contribution is 5.34. The summed E-state index contributed by atoms with van der Waals surface area (Å²) in [4.78, 5) is 0. The van der Waals surface area contributed by atoms with E-state index in [2.05, 4.69) is 12.2 Å². The minimum Gasteiger partial charge on any atom is -0.464 e. The molecule has 1 N–H and O–H groups in total. The van der Waals surface area contributed by atoms with Crippen LogP contribution in [0, 0.1) is 19.7 Å². The maximum absolute atomic E-state index is 13.5. The molecule has 2 rings (SSSR count). The van der Waals surface area contributed by atoms with Crippen LogP contribution in [-0.4, -0.2) is 6.54 Å². The Hall–Kier alpha value is -1.61. The molecule has 0 aliphatic carbocycles. The third-order valence-corrected chi connectivity index (χ3v) is 3.20. The fraction of sp³-hybridized carbons (Fsp3) is 0.375. The van der Waals surface area contributed by atoms with Crippen molar-refractivity contribution in [2.75, 3.05) is 6.54 Å². The van der Waals surface area contributed by atoms with Crippen LogP contribution in [0.3, 0.4) is 0 Å². The molecule has 0 bridgehead atoms. The quantitative estimate of drug-likeness (QED) is 0.875. The summed E-state index contributed by atoms with van der Waals surface area (Å²) in [7, 11) is 0. The van der Waals surface area contributed by atoms with Crippen molar-refractivity contribution in [3.8, 4) is 0 Å². The first-order chi connectivity index (χ1) is 9.11. The molecule has 19 heavy (non-hydrogen) atoms. The first kappa shape index (κ1) is 13.8. The van der Waals surface area contributed by atoms with Crippen molar-refractivity contribution < 1.29 is 8.81 Å². The molecule has 1 aromatic carbocycles. The highest BCUT2D eigenvalue weighted by atomic mass is 19.1. The first-order valence-corrected chi connectivity index (χ1v) is 6.67. The van der Waals surface area contributed by atoms with Crippen LogP contribution in [0.15, 0.2) is 34.7 Å². The highest BCUT2D eigenvalue weighted by Gasteiger charge is 2.19. The molecular weight excluding hydrogens is 241 g/mol. The fourth-order valence-electron chi connectivity index (χ4n) is 2.18. The van der Waals surface area contributed by atoms with Crippen LogP contribution in [0.1, 0.15) is 42.0 Å². The zero-order chi connectivity index (χ0) is 13.8. The smallest absolute Gasteiger partial charge is 0.125 e. The predicted octanol–water partition coefficient (Wildman–Crippen LogP) is 4.12. The van der Waals surface area contributed by atoms with Gasteiger partial charge in [0.2, 0.25) is 0 Å². The summed E-state index contributed by atoms with van der Waals surface area (Å²) in [6, 6.07) is 8.67. The molecule has 3 heteroatoms. The van der Waals surface area contributed by atoms with E-state index in [9.17, 15) is 4.39 Å². The number of hydrogen-bond donors (Lipinski definition) is 1. The summed E-state index contributed by atoms with van der Waals surface area (Å²) in [6.45, 7) is 6.88. The van der Waals surface area contributed by atoms with E-state index in [0.717, 1.165) is 35.6 Å². The molecule has 2 aromatic rings. The molecule has 102 valence electrons. The van der Waals surface area contributed by atoms with Gasteiger partial charge in [-0.05, 0) is 62.2 Å². The molecule has 1 aromatic heterocycles. The van der Waals surface area contributed by atoms with Crippen molar-refractivity contribution in [2.24, 2.45) is 0 Å². The monoisotopic (exact) mass is 261 g/mol. The zero-order valence-electron chi connectivity index (χ0n) is 11.7. The van der Waals surface area contributed by atoms with Gasteiger partial charge < -0.3 is 9.73 Å². The Morgan fingerprint density at radius 3 is 2.63 bits per heavy atom. The SMILES string of the molecule is CCCNC(c1ccc(C)o1)c1cc(F)ccc1C. The minimum absolute atomic E-state index is 0.0932. The van der Waals surface area contributed by atoms with Crippen molar-refractivity contribution in [2.45, 2.75) is 33.2 Å². The van der Waals surface area contributed by atoms with Crippen molar-refractivity contribution in [1.82, 2.24) is 5.32 Å². The van der Waals surface area contributed by atoms with Gasteiger partial charge in [-0.15, -0.1) is 0 Å². The molecule has 0 fully saturated rings. The lowest BCUT2D eigenvalue weighted by Gasteiger charge is -2.19. The lowest BCUT2D eigenvalue weighted by Crippen LogP contribution is -2.23. The molecule has 0 saturated carbocycles. The van der Waals surface area contributed by atoms with Crippen molar-refractivity contribution in [3.05, 3.63) is 58.8 Å². The number of hydrogen-bond acceptors (Lipinski definition) is 2. The number of aryl methyl sites for hydroxylation is 2. The van der Waals surface area contributed by atoms with Gasteiger partial charge in [-0.25, -0.2) is 4.39 Å². The highest BCUT2D eigenvalue weighted by Crippen LogP contribution is 2.27. The second kappa shape index (κ2) is 6.02. The van der Waals surface area contributed by atoms with Gasteiger partial charge in [0.1, 0.15) is 17.3 Å². The molecule has 0 amide bonds. The van der Waals surface area contributed by atoms with Crippen molar-refractivity contribution >= 4 is 0 Å². The van der Waals surface area contributed by atoms with E-state index in [1.807, 2.05) is 26.0 Å². The van der Waals surface area contributed by atoms with Gasteiger partial charge in [-0.3, -0.25) is 0 Å². The van der Waals surface area contributed by atoms with E-state index in [0.29, 0.717) is 0 Å². The van der Waals surface area contributed by atoms with E-state index in [1.165, 1.54) is 6.07 Å². The molecular formula is C16H20FNO. The zero-order valence-corrected chi connectivity index (χ0v) is 11.7. The number of furan rings is 1. The number of nitrogens with one attached hydrogen (secondary N) is 1. The Balaban J connectivity index is 2.39. The van der Waals surface area contributed by atoms with Gasteiger partial charge in [0.15, 0.2) is 0 Å². The number of rotatable bonds is 5. The first-order valence-electron chi connectivity index (χ1n) is 6.67. The van der Waals surface area contributed by atoms with Gasteiger partial charge in [-0.2, -0.15) is 0 Å². The average Bonchev–Trinajstić information content (AvgIpc) is 2.80. The van der Waals surface area contributed by atoms with Crippen LogP contribution >= 0.6 is 0 Å². The Bertz CT molecular complexity index is 547. The van der Waals surface area contributed by atoms with Crippen LogP contribution in [0.2, 0.25) is 0 Å². The van der Waals surface area contributed by atoms with Gasteiger partial charge >= 0.3 is 0 Å². The Labute approximate surface area is 113 Å². The molecule has 0 aliphatic heterocycles. The topological polar surface area (TPSA) is 25.2 Å². The van der Waals surface area contributed by atoms with E-state index in [-0.39, 0.29) is 11.9 Å². The summed E-state index contributed by atoms with van der Waals surface area (Å²) in [5, 5.41) is 3.42. The number of benzene rings is 1.